The second-order valence-corrected chi connectivity index (χ2v) is 6.51. The summed E-state index contributed by atoms with van der Waals surface area (Å²) in [7, 11) is 0. The van der Waals surface area contributed by atoms with Gasteiger partial charge in [-0.05, 0) is 18.1 Å². The molecule has 1 aromatic carbocycles. The van der Waals surface area contributed by atoms with Crippen LogP contribution in [0.1, 0.15) is 22.5 Å². The highest BCUT2D eigenvalue weighted by Gasteiger charge is 2.24. The van der Waals surface area contributed by atoms with Gasteiger partial charge in [-0.3, -0.25) is 4.79 Å². The molecule has 0 spiro atoms. The van der Waals surface area contributed by atoms with Crippen LogP contribution in [0.5, 0.6) is 0 Å². The van der Waals surface area contributed by atoms with Crippen molar-refractivity contribution in [2.75, 3.05) is 11.4 Å². The third-order valence-corrected chi connectivity index (χ3v) is 4.94. The highest BCUT2D eigenvalue weighted by molar-refractivity contribution is 6.32. The van der Waals surface area contributed by atoms with Gasteiger partial charge in [0.25, 0.3) is 5.56 Å². The summed E-state index contributed by atoms with van der Waals surface area (Å²) in [5.41, 5.74) is 4.77. The zero-order chi connectivity index (χ0) is 17.4. The fourth-order valence-electron chi connectivity index (χ4n) is 3.14. The molecule has 0 bridgehead atoms. The van der Waals surface area contributed by atoms with Crippen LogP contribution in [0.15, 0.2) is 35.3 Å². The summed E-state index contributed by atoms with van der Waals surface area (Å²) < 4.78 is 1.96. The van der Waals surface area contributed by atoms with E-state index in [0.29, 0.717) is 18.8 Å². The number of H-pyrrole nitrogens is 1. The molecule has 128 valence electrons. The van der Waals surface area contributed by atoms with E-state index in [1.807, 2.05) is 21.7 Å². The minimum atomic E-state index is -0.381. The Labute approximate surface area is 149 Å². The molecule has 1 aliphatic rings. The number of hydrogen-bond donors (Lipinski definition) is 1. The van der Waals surface area contributed by atoms with Gasteiger partial charge in [-0.1, -0.05) is 41.1 Å². The number of benzene rings is 1. The molecule has 1 N–H and O–H groups in total. The maximum Gasteiger partial charge on any atom is 0.285 e. The maximum atomic E-state index is 11.7. The molecule has 25 heavy (non-hydrogen) atoms. The fourth-order valence-corrected chi connectivity index (χ4v) is 3.35. The lowest BCUT2D eigenvalue weighted by molar-refractivity contribution is 0.605. The van der Waals surface area contributed by atoms with E-state index in [1.165, 1.54) is 11.1 Å². The van der Waals surface area contributed by atoms with E-state index in [2.05, 4.69) is 39.6 Å². The molecule has 3 aromatic rings. The summed E-state index contributed by atoms with van der Waals surface area (Å²) in [5, 5.41) is 15.0. The quantitative estimate of drug-likeness (QED) is 0.775. The topological polar surface area (TPSA) is 79.7 Å². The average Bonchev–Trinajstić information content (AvgIpc) is 3.01. The Morgan fingerprint density at radius 3 is 3.00 bits per heavy atom. The van der Waals surface area contributed by atoms with Crippen molar-refractivity contribution in [3.8, 4) is 0 Å². The molecule has 8 heteroatoms. The van der Waals surface area contributed by atoms with Gasteiger partial charge in [0.05, 0.1) is 30.7 Å². The van der Waals surface area contributed by atoms with E-state index in [0.717, 1.165) is 24.4 Å². The summed E-state index contributed by atoms with van der Waals surface area (Å²) in [5.74, 6) is 0. The first-order valence-corrected chi connectivity index (χ1v) is 8.45. The number of anilines is 1. The molecule has 2 aromatic heterocycles. The third kappa shape index (κ3) is 2.91. The summed E-state index contributed by atoms with van der Waals surface area (Å²) in [6.07, 6.45) is 2.36. The van der Waals surface area contributed by atoms with E-state index < -0.39 is 0 Å². The number of nitrogens with one attached hydrogen (secondary N) is 1. The molecular weight excluding hydrogens is 340 g/mol. The van der Waals surface area contributed by atoms with Gasteiger partial charge in [0.15, 0.2) is 0 Å². The van der Waals surface area contributed by atoms with Gasteiger partial charge in [0.1, 0.15) is 10.7 Å². The van der Waals surface area contributed by atoms with Crippen molar-refractivity contribution in [1.29, 1.82) is 0 Å². The van der Waals surface area contributed by atoms with Crippen LogP contribution in [-0.4, -0.2) is 31.7 Å². The Morgan fingerprint density at radius 2 is 2.16 bits per heavy atom. The van der Waals surface area contributed by atoms with Gasteiger partial charge in [-0.25, -0.2) is 9.78 Å². The smallest absolute Gasteiger partial charge is 0.285 e. The predicted molar refractivity (Wildman–Crippen MR) is 94.9 cm³/mol. The summed E-state index contributed by atoms with van der Waals surface area (Å²) in [6.45, 7) is 4.11. The second-order valence-electron chi connectivity index (χ2n) is 6.14. The molecule has 0 amide bonds. The number of aromatic nitrogens is 5. The van der Waals surface area contributed by atoms with Crippen LogP contribution in [0.4, 0.5) is 5.69 Å². The van der Waals surface area contributed by atoms with Crippen LogP contribution in [0.3, 0.4) is 0 Å². The monoisotopic (exact) mass is 356 g/mol. The first-order chi connectivity index (χ1) is 12.1. The van der Waals surface area contributed by atoms with E-state index in [-0.39, 0.29) is 10.6 Å². The number of aromatic amines is 1. The second kappa shape index (κ2) is 6.33. The van der Waals surface area contributed by atoms with Crippen molar-refractivity contribution in [3.63, 3.8) is 0 Å². The minimum Gasteiger partial charge on any atom is -0.362 e. The zero-order valence-electron chi connectivity index (χ0n) is 13.7. The highest BCUT2D eigenvalue weighted by atomic mass is 35.5. The Bertz CT molecular complexity index is 979. The first-order valence-electron chi connectivity index (χ1n) is 8.07. The number of aryl methyl sites for hydroxylation is 1. The van der Waals surface area contributed by atoms with E-state index in [4.69, 9.17) is 11.6 Å². The standard InChI is InChI=1S/C17H17ClN6O/c1-11-4-2-3-5-12(11)9-24-14-6-7-23(10-13(14)20-22-24)15-8-19-21-17(25)16(15)18/h2-5,8H,6-7,9-10H2,1H3,(H,21,25). The van der Waals surface area contributed by atoms with Crippen molar-refractivity contribution >= 4 is 17.3 Å². The largest absolute Gasteiger partial charge is 0.362 e. The van der Waals surface area contributed by atoms with E-state index in [9.17, 15) is 4.79 Å². The first kappa shape index (κ1) is 15.8. The fraction of sp³-hybridized carbons (Fsp3) is 0.294. The molecule has 3 heterocycles. The average molecular weight is 357 g/mol. The van der Waals surface area contributed by atoms with Crippen LogP contribution < -0.4 is 10.5 Å². The Hall–Kier alpha value is -2.67. The molecule has 1 aliphatic heterocycles. The van der Waals surface area contributed by atoms with Crippen LogP contribution >= 0.6 is 11.6 Å². The van der Waals surface area contributed by atoms with Crippen molar-refractivity contribution in [2.45, 2.75) is 26.4 Å². The van der Waals surface area contributed by atoms with Gasteiger partial charge < -0.3 is 4.90 Å². The highest BCUT2D eigenvalue weighted by Crippen LogP contribution is 2.26. The molecule has 0 radical (unpaired) electrons. The summed E-state index contributed by atoms with van der Waals surface area (Å²) >= 11 is 6.12. The van der Waals surface area contributed by atoms with Gasteiger partial charge in [-0.2, -0.15) is 5.10 Å². The lowest BCUT2D eigenvalue weighted by Gasteiger charge is -2.28. The van der Waals surface area contributed by atoms with Gasteiger partial charge >= 0.3 is 0 Å². The number of rotatable bonds is 3. The Morgan fingerprint density at radius 1 is 1.32 bits per heavy atom. The minimum absolute atomic E-state index is 0.158. The molecule has 0 aliphatic carbocycles. The maximum absolute atomic E-state index is 11.7. The van der Waals surface area contributed by atoms with Crippen LogP contribution in [-0.2, 0) is 19.5 Å². The van der Waals surface area contributed by atoms with Gasteiger partial charge in [-0.15, -0.1) is 5.10 Å². The van der Waals surface area contributed by atoms with Gasteiger partial charge in [0, 0.05) is 13.0 Å². The number of halogens is 1. The predicted octanol–water partition coefficient (Wildman–Crippen LogP) is 1.93. The summed E-state index contributed by atoms with van der Waals surface area (Å²) in [4.78, 5) is 13.7. The molecule has 0 saturated carbocycles. The normalized spacial score (nSPS) is 13.8. The van der Waals surface area contributed by atoms with Crippen LogP contribution in [0.25, 0.3) is 0 Å². The van der Waals surface area contributed by atoms with Crippen molar-refractivity contribution in [1.82, 2.24) is 25.2 Å². The molecule has 0 saturated heterocycles. The van der Waals surface area contributed by atoms with E-state index >= 15 is 0 Å². The Balaban J connectivity index is 1.60. The van der Waals surface area contributed by atoms with E-state index in [1.54, 1.807) is 6.20 Å². The molecule has 0 fully saturated rings. The Kier molecular flexibility index (Phi) is 4.01. The number of nitrogens with zero attached hydrogens (tertiary/aromatic N) is 5. The van der Waals surface area contributed by atoms with Crippen molar-refractivity contribution in [2.24, 2.45) is 0 Å². The van der Waals surface area contributed by atoms with Crippen LogP contribution in [0.2, 0.25) is 5.02 Å². The van der Waals surface area contributed by atoms with Crippen LogP contribution in [0, 0.1) is 6.92 Å². The zero-order valence-corrected chi connectivity index (χ0v) is 14.5. The lowest BCUT2D eigenvalue weighted by atomic mass is 10.1. The molecule has 0 unspecified atom stereocenters. The van der Waals surface area contributed by atoms with Crippen molar-refractivity contribution in [3.05, 3.63) is 68.4 Å². The third-order valence-electron chi connectivity index (χ3n) is 4.58. The molecule has 0 atom stereocenters. The lowest BCUT2D eigenvalue weighted by Crippen LogP contribution is -2.32. The SMILES string of the molecule is Cc1ccccc1Cn1nnc2c1CCN(c1cn[nH]c(=O)c1Cl)C2. The summed E-state index contributed by atoms with van der Waals surface area (Å²) in [6, 6.07) is 8.28. The molecule has 7 nitrogen and oxygen atoms in total. The molecule has 4 rings (SSSR count). The van der Waals surface area contributed by atoms with Gasteiger partial charge in [0.2, 0.25) is 0 Å². The van der Waals surface area contributed by atoms with Crippen molar-refractivity contribution < 1.29 is 0 Å². The number of hydrogen-bond acceptors (Lipinski definition) is 5. The molecular formula is C17H17ClN6O. The number of fused-ring (bicyclic) bond motifs is 1.